The Morgan fingerprint density at radius 1 is 1.60 bits per heavy atom. The molecule has 1 rings (SSSR count). The topological polar surface area (TPSA) is 74.8 Å². The molecule has 0 aliphatic carbocycles. The number of hydrogen-bond donors (Lipinski definition) is 2. The second-order valence-electron chi connectivity index (χ2n) is 3.53. The van der Waals surface area contributed by atoms with Crippen LogP contribution < -0.4 is 4.72 Å². The average molecular weight is 296 g/mol. The summed E-state index contributed by atoms with van der Waals surface area (Å²) in [7, 11) is -3.44. The maximum absolute atomic E-state index is 11.6. The molecule has 0 aromatic carbocycles. The van der Waals surface area contributed by atoms with E-state index in [0.717, 1.165) is 0 Å². The predicted octanol–water partition coefficient (Wildman–Crippen LogP) is 1.11. The average Bonchev–Trinajstić information content (AvgIpc) is 2.67. The summed E-state index contributed by atoms with van der Waals surface area (Å²) >= 11 is 3.41. The van der Waals surface area contributed by atoms with Gasteiger partial charge >= 0.3 is 0 Å². The first kappa shape index (κ1) is 12.7. The number of nitrogens with one attached hydrogen (secondary N) is 2. The van der Waals surface area contributed by atoms with Gasteiger partial charge in [-0.1, -0.05) is 29.8 Å². The van der Waals surface area contributed by atoms with Crippen molar-refractivity contribution in [3.8, 4) is 0 Å². The standard InChI is InChI=1S/C8H14BrN3O2S/c1-6(2)7(9)3-12-15(13,14)8-4-10-5-11-8/h4-7,12H,3H2,1-2H3,(H,10,11). The monoisotopic (exact) mass is 295 g/mol. The number of H-pyrrole nitrogens is 1. The van der Waals surface area contributed by atoms with Gasteiger partial charge in [-0.25, -0.2) is 18.1 Å². The zero-order valence-corrected chi connectivity index (χ0v) is 11.0. The lowest BCUT2D eigenvalue weighted by Crippen LogP contribution is -2.31. The summed E-state index contributed by atoms with van der Waals surface area (Å²) in [6.07, 6.45) is 2.61. The van der Waals surface area contributed by atoms with Crippen molar-refractivity contribution in [2.75, 3.05) is 6.54 Å². The first-order valence-electron chi connectivity index (χ1n) is 4.55. The van der Waals surface area contributed by atoms with Gasteiger partial charge in [0.1, 0.15) is 0 Å². The lowest BCUT2D eigenvalue weighted by molar-refractivity contribution is 0.560. The zero-order chi connectivity index (χ0) is 11.5. The number of imidazole rings is 1. The summed E-state index contributed by atoms with van der Waals surface area (Å²) in [5, 5.41) is 0.0888. The first-order valence-corrected chi connectivity index (χ1v) is 6.95. The van der Waals surface area contributed by atoms with E-state index < -0.39 is 10.0 Å². The SMILES string of the molecule is CC(C)C(Br)CNS(=O)(=O)c1cnc[nH]1. The van der Waals surface area contributed by atoms with Gasteiger partial charge < -0.3 is 4.98 Å². The molecule has 1 aromatic rings. The van der Waals surface area contributed by atoms with Crippen LogP contribution in [-0.4, -0.2) is 29.8 Å². The van der Waals surface area contributed by atoms with Crippen LogP contribution in [0.4, 0.5) is 0 Å². The van der Waals surface area contributed by atoms with Gasteiger partial charge in [-0.3, -0.25) is 0 Å². The molecule has 0 fully saturated rings. The number of alkyl halides is 1. The largest absolute Gasteiger partial charge is 0.335 e. The van der Waals surface area contributed by atoms with Crippen molar-refractivity contribution in [1.29, 1.82) is 0 Å². The Balaban J connectivity index is 2.59. The number of hydrogen-bond acceptors (Lipinski definition) is 3. The van der Waals surface area contributed by atoms with Gasteiger partial charge in [0.2, 0.25) is 0 Å². The van der Waals surface area contributed by atoms with Gasteiger partial charge in [0.05, 0.1) is 12.5 Å². The summed E-state index contributed by atoms with van der Waals surface area (Å²) in [4.78, 5) is 6.34. The van der Waals surface area contributed by atoms with Crippen molar-refractivity contribution in [3.63, 3.8) is 0 Å². The van der Waals surface area contributed by atoms with E-state index >= 15 is 0 Å². The fraction of sp³-hybridized carbons (Fsp3) is 0.625. The van der Waals surface area contributed by atoms with E-state index in [1.807, 2.05) is 13.8 Å². The molecule has 2 N–H and O–H groups in total. The molecule has 1 unspecified atom stereocenters. The summed E-state index contributed by atoms with van der Waals surface area (Å²) in [5.41, 5.74) is 0. The van der Waals surface area contributed by atoms with Crippen molar-refractivity contribution in [1.82, 2.24) is 14.7 Å². The van der Waals surface area contributed by atoms with E-state index in [1.54, 1.807) is 0 Å². The lowest BCUT2D eigenvalue weighted by atomic mass is 10.1. The minimum absolute atomic E-state index is 0.0888. The number of rotatable bonds is 5. The zero-order valence-electron chi connectivity index (χ0n) is 8.57. The molecule has 0 amide bonds. The molecule has 0 bridgehead atoms. The number of nitrogens with zero attached hydrogens (tertiary/aromatic N) is 1. The van der Waals surface area contributed by atoms with Gasteiger partial charge in [-0.15, -0.1) is 0 Å². The third kappa shape index (κ3) is 3.58. The molecule has 0 saturated carbocycles. The number of aromatic nitrogens is 2. The molecule has 0 radical (unpaired) electrons. The highest BCUT2D eigenvalue weighted by atomic mass is 79.9. The molecule has 1 aromatic heterocycles. The minimum atomic E-state index is -3.44. The van der Waals surface area contributed by atoms with Crippen LogP contribution in [0.2, 0.25) is 0 Å². The van der Waals surface area contributed by atoms with E-state index in [1.165, 1.54) is 12.5 Å². The number of aromatic amines is 1. The van der Waals surface area contributed by atoms with Gasteiger partial charge in [0.25, 0.3) is 10.0 Å². The Kier molecular flexibility index (Phi) is 4.30. The van der Waals surface area contributed by atoms with E-state index in [9.17, 15) is 8.42 Å². The second-order valence-corrected chi connectivity index (χ2v) is 6.44. The van der Waals surface area contributed by atoms with E-state index in [4.69, 9.17) is 0 Å². The summed E-state index contributed by atoms with van der Waals surface area (Å²) in [6.45, 7) is 4.40. The molecule has 0 spiro atoms. The Labute approximate surface area is 97.9 Å². The Morgan fingerprint density at radius 2 is 2.27 bits per heavy atom. The molecule has 15 heavy (non-hydrogen) atoms. The molecule has 86 valence electrons. The van der Waals surface area contributed by atoms with Gasteiger partial charge in [0.15, 0.2) is 5.03 Å². The van der Waals surface area contributed by atoms with Gasteiger partial charge in [-0.2, -0.15) is 0 Å². The van der Waals surface area contributed by atoms with Crippen LogP contribution >= 0.6 is 15.9 Å². The molecular formula is C8H14BrN3O2S. The highest BCUT2D eigenvalue weighted by Crippen LogP contribution is 2.11. The third-order valence-corrected chi connectivity index (χ3v) is 4.68. The smallest absolute Gasteiger partial charge is 0.257 e. The predicted molar refractivity (Wildman–Crippen MR) is 61.3 cm³/mol. The number of sulfonamides is 1. The number of halogens is 1. The second kappa shape index (κ2) is 5.09. The van der Waals surface area contributed by atoms with E-state index in [2.05, 4.69) is 30.6 Å². The quantitative estimate of drug-likeness (QED) is 0.799. The molecule has 0 aliphatic rings. The van der Waals surface area contributed by atoms with Crippen LogP contribution in [0.3, 0.4) is 0 Å². The highest BCUT2D eigenvalue weighted by molar-refractivity contribution is 9.09. The fourth-order valence-electron chi connectivity index (χ4n) is 0.893. The Hall–Kier alpha value is -0.400. The normalized spacial score (nSPS) is 14.4. The maximum atomic E-state index is 11.6. The fourth-order valence-corrected chi connectivity index (χ4v) is 2.23. The van der Waals surface area contributed by atoms with Crippen LogP contribution in [0, 0.1) is 5.92 Å². The van der Waals surface area contributed by atoms with E-state index in [-0.39, 0.29) is 9.85 Å². The molecule has 1 atom stereocenters. The minimum Gasteiger partial charge on any atom is -0.335 e. The molecule has 1 heterocycles. The van der Waals surface area contributed by atoms with Crippen LogP contribution in [0.15, 0.2) is 17.6 Å². The van der Waals surface area contributed by atoms with Gasteiger partial charge in [-0.05, 0) is 5.92 Å². The first-order chi connectivity index (χ1) is 6.93. The maximum Gasteiger partial charge on any atom is 0.257 e. The van der Waals surface area contributed by atoms with Crippen molar-refractivity contribution >= 4 is 26.0 Å². The molecule has 5 nitrogen and oxygen atoms in total. The molecule has 7 heteroatoms. The third-order valence-electron chi connectivity index (χ3n) is 1.95. The Bertz CT molecular complexity index is 388. The molecule has 0 saturated heterocycles. The van der Waals surface area contributed by atoms with Crippen LogP contribution in [-0.2, 0) is 10.0 Å². The van der Waals surface area contributed by atoms with Crippen LogP contribution in [0.1, 0.15) is 13.8 Å². The summed E-state index contributed by atoms with van der Waals surface area (Å²) < 4.78 is 25.7. The van der Waals surface area contributed by atoms with Crippen molar-refractivity contribution in [3.05, 3.63) is 12.5 Å². The Morgan fingerprint density at radius 3 is 2.73 bits per heavy atom. The van der Waals surface area contributed by atoms with Crippen LogP contribution in [0.25, 0.3) is 0 Å². The van der Waals surface area contributed by atoms with E-state index in [0.29, 0.717) is 12.5 Å². The molecule has 0 aliphatic heterocycles. The van der Waals surface area contributed by atoms with Crippen molar-refractivity contribution in [2.45, 2.75) is 23.7 Å². The van der Waals surface area contributed by atoms with Gasteiger partial charge in [0, 0.05) is 11.4 Å². The summed E-state index contributed by atoms with van der Waals surface area (Å²) in [5.74, 6) is 0.370. The summed E-state index contributed by atoms with van der Waals surface area (Å²) in [6, 6.07) is 0. The van der Waals surface area contributed by atoms with Crippen LogP contribution in [0.5, 0.6) is 0 Å². The highest BCUT2D eigenvalue weighted by Gasteiger charge is 2.18. The van der Waals surface area contributed by atoms with Crippen molar-refractivity contribution < 1.29 is 8.42 Å². The molecular weight excluding hydrogens is 282 g/mol. The van der Waals surface area contributed by atoms with Crippen molar-refractivity contribution in [2.24, 2.45) is 5.92 Å². The lowest BCUT2D eigenvalue weighted by Gasteiger charge is -2.13.